The number of rotatable bonds is 1. The molecule has 19 heavy (non-hydrogen) atoms. The Morgan fingerprint density at radius 3 is 2.89 bits per heavy atom. The molecular formula is C13H12FNO3S. The van der Waals surface area contributed by atoms with Gasteiger partial charge in [-0.1, -0.05) is 5.92 Å². The molecule has 1 aromatic carbocycles. The summed E-state index contributed by atoms with van der Waals surface area (Å²) in [5, 5.41) is 2.60. The third kappa shape index (κ3) is 2.76. The van der Waals surface area contributed by atoms with Crippen LogP contribution >= 0.6 is 0 Å². The predicted octanol–water partition coefficient (Wildman–Crippen LogP) is 1.18. The van der Waals surface area contributed by atoms with Gasteiger partial charge >= 0.3 is 0 Å². The first-order valence-corrected chi connectivity index (χ1v) is 7.35. The summed E-state index contributed by atoms with van der Waals surface area (Å²) in [6.45, 7) is 1.53. The fourth-order valence-corrected chi connectivity index (χ4v) is 3.67. The molecular weight excluding hydrogens is 269 g/mol. The summed E-state index contributed by atoms with van der Waals surface area (Å²) in [7, 11) is -3.39. The predicted molar refractivity (Wildman–Crippen MR) is 67.4 cm³/mol. The standard InChI is InChI=1S/C13H12FNO3S/c1-2-3-13(16)15-11-6-7-19(17,18)12-5-4-9(14)8-10(11)12/h4-5,8,11H,6-7H2,1H3,(H,15,16). The molecule has 0 spiro atoms. The summed E-state index contributed by atoms with van der Waals surface area (Å²) in [6.07, 6.45) is 0.218. The van der Waals surface area contributed by atoms with Crippen LogP contribution in [0.4, 0.5) is 4.39 Å². The average Bonchev–Trinajstić information content (AvgIpc) is 2.33. The minimum absolute atomic E-state index is 0.0733. The first kappa shape index (κ1) is 13.6. The summed E-state index contributed by atoms with van der Waals surface area (Å²) in [5.41, 5.74) is 0.289. The summed E-state index contributed by atoms with van der Waals surface area (Å²) < 4.78 is 37.0. The first-order chi connectivity index (χ1) is 8.94. The Hall–Kier alpha value is -1.87. The third-order valence-electron chi connectivity index (χ3n) is 2.90. The zero-order valence-electron chi connectivity index (χ0n) is 10.2. The molecule has 1 atom stereocenters. The van der Waals surface area contributed by atoms with Crippen molar-refractivity contribution in [2.45, 2.75) is 24.3 Å². The van der Waals surface area contributed by atoms with E-state index in [0.29, 0.717) is 0 Å². The maximum Gasteiger partial charge on any atom is 0.296 e. The smallest absolute Gasteiger partial charge is 0.296 e. The van der Waals surface area contributed by atoms with E-state index in [1.165, 1.54) is 13.0 Å². The van der Waals surface area contributed by atoms with Crippen molar-refractivity contribution in [1.29, 1.82) is 0 Å². The molecule has 0 aromatic heterocycles. The highest BCUT2D eigenvalue weighted by molar-refractivity contribution is 7.91. The SMILES string of the molecule is CC#CC(=O)NC1CCS(=O)(=O)c2ccc(F)cc21. The second kappa shape index (κ2) is 5.02. The number of nitrogens with one attached hydrogen (secondary N) is 1. The molecule has 0 saturated heterocycles. The van der Waals surface area contributed by atoms with Crippen LogP contribution < -0.4 is 5.32 Å². The average molecular weight is 281 g/mol. The van der Waals surface area contributed by atoms with E-state index < -0.39 is 27.6 Å². The van der Waals surface area contributed by atoms with Gasteiger partial charge in [0.1, 0.15) is 5.82 Å². The normalized spacial score (nSPS) is 19.8. The molecule has 1 aliphatic rings. The van der Waals surface area contributed by atoms with Crippen LogP contribution in [0.25, 0.3) is 0 Å². The van der Waals surface area contributed by atoms with Crippen LogP contribution in [0.1, 0.15) is 24.9 Å². The molecule has 4 nitrogen and oxygen atoms in total. The van der Waals surface area contributed by atoms with Crippen LogP contribution in [0, 0.1) is 17.7 Å². The number of halogens is 1. The minimum Gasteiger partial charge on any atom is -0.338 e. The minimum atomic E-state index is -3.39. The Kier molecular flexibility index (Phi) is 3.58. The lowest BCUT2D eigenvalue weighted by atomic mass is 10.0. The number of hydrogen-bond donors (Lipinski definition) is 1. The van der Waals surface area contributed by atoms with Gasteiger partial charge in [-0.15, -0.1) is 0 Å². The number of benzene rings is 1. The lowest BCUT2D eigenvalue weighted by Crippen LogP contribution is -2.33. The molecule has 6 heteroatoms. The highest BCUT2D eigenvalue weighted by Crippen LogP contribution is 2.32. The van der Waals surface area contributed by atoms with Gasteiger partial charge in [-0.3, -0.25) is 4.79 Å². The van der Waals surface area contributed by atoms with E-state index in [9.17, 15) is 17.6 Å². The molecule has 2 rings (SSSR count). The van der Waals surface area contributed by atoms with Gasteiger partial charge < -0.3 is 5.32 Å². The topological polar surface area (TPSA) is 63.2 Å². The van der Waals surface area contributed by atoms with Gasteiger partial charge in [-0.05, 0) is 43.0 Å². The second-order valence-electron chi connectivity index (χ2n) is 4.19. The van der Waals surface area contributed by atoms with Crippen molar-refractivity contribution in [3.63, 3.8) is 0 Å². The Labute approximate surface area is 110 Å². The summed E-state index contributed by atoms with van der Waals surface area (Å²) in [6, 6.07) is 2.97. The fraction of sp³-hybridized carbons (Fsp3) is 0.308. The van der Waals surface area contributed by atoms with Crippen molar-refractivity contribution >= 4 is 15.7 Å². The highest BCUT2D eigenvalue weighted by Gasteiger charge is 2.31. The molecule has 0 bridgehead atoms. The van der Waals surface area contributed by atoms with Crippen molar-refractivity contribution < 1.29 is 17.6 Å². The molecule has 1 unspecified atom stereocenters. The van der Waals surface area contributed by atoms with E-state index in [2.05, 4.69) is 17.2 Å². The summed E-state index contributed by atoms with van der Waals surface area (Å²) in [5.74, 6) is 3.67. The maximum absolute atomic E-state index is 13.3. The van der Waals surface area contributed by atoms with Gasteiger partial charge in [0.15, 0.2) is 9.84 Å². The van der Waals surface area contributed by atoms with E-state index in [1.807, 2.05) is 0 Å². The fourth-order valence-electron chi connectivity index (χ4n) is 2.07. The number of fused-ring (bicyclic) bond motifs is 1. The van der Waals surface area contributed by atoms with Gasteiger partial charge in [0.25, 0.3) is 5.91 Å². The number of amides is 1. The van der Waals surface area contributed by atoms with Crippen molar-refractivity contribution in [2.24, 2.45) is 0 Å². The van der Waals surface area contributed by atoms with E-state index >= 15 is 0 Å². The molecule has 0 saturated carbocycles. The Morgan fingerprint density at radius 1 is 1.47 bits per heavy atom. The van der Waals surface area contributed by atoms with Gasteiger partial charge in [-0.25, -0.2) is 12.8 Å². The zero-order valence-corrected chi connectivity index (χ0v) is 11.1. The number of carbonyl (C=O) groups excluding carboxylic acids is 1. The van der Waals surface area contributed by atoms with Gasteiger partial charge in [-0.2, -0.15) is 0 Å². The van der Waals surface area contributed by atoms with E-state index in [0.717, 1.165) is 12.1 Å². The molecule has 0 fully saturated rings. The number of carbonyl (C=O) groups is 1. The molecule has 1 N–H and O–H groups in total. The van der Waals surface area contributed by atoms with Crippen LogP contribution in [-0.2, 0) is 14.6 Å². The molecule has 1 heterocycles. The maximum atomic E-state index is 13.3. The van der Waals surface area contributed by atoms with E-state index in [1.54, 1.807) is 0 Å². The van der Waals surface area contributed by atoms with Crippen molar-refractivity contribution in [1.82, 2.24) is 5.32 Å². The van der Waals surface area contributed by atoms with Crippen LogP contribution in [0.3, 0.4) is 0 Å². The van der Waals surface area contributed by atoms with Crippen molar-refractivity contribution in [3.05, 3.63) is 29.6 Å². The second-order valence-corrected chi connectivity index (χ2v) is 6.27. The Balaban J connectivity index is 2.42. The van der Waals surface area contributed by atoms with E-state index in [4.69, 9.17) is 0 Å². The van der Waals surface area contributed by atoms with E-state index in [-0.39, 0.29) is 22.6 Å². The lowest BCUT2D eigenvalue weighted by Gasteiger charge is -2.25. The van der Waals surface area contributed by atoms with Crippen LogP contribution in [0.5, 0.6) is 0 Å². The van der Waals surface area contributed by atoms with Crippen molar-refractivity contribution in [2.75, 3.05) is 5.75 Å². The molecule has 0 aliphatic carbocycles. The van der Waals surface area contributed by atoms with Gasteiger partial charge in [0.2, 0.25) is 0 Å². The summed E-state index contributed by atoms with van der Waals surface area (Å²) >= 11 is 0. The van der Waals surface area contributed by atoms with Crippen LogP contribution in [-0.4, -0.2) is 20.1 Å². The quantitative estimate of drug-likeness (QED) is 0.621. The molecule has 100 valence electrons. The summed E-state index contributed by atoms with van der Waals surface area (Å²) in [4.78, 5) is 11.5. The lowest BCUT2D eigenvalue weighted by molar-refractivity contribution is -0.116. The third-order valence-corrected chi connectivity index (χ3v) is 4.72. The molecule has 0 radical (unpaired) electrons. The van der Waals surface area contributed by atoms with Gasteiger partial charge in [0.05, 0.1) is 16.7 Å². The molecule has 1 aromatic rings. The van der Waals surface area contributed by atoms with Crippen LogP contribution in [0.15, 0.2) is 23.1 Å². The van der Waals surface area contributed by atoms with Crippen molar-refractivity contribution in [3.8, 4) is 11.8 Å². The zero-order chi connectivity index (χ0) is 14.0. The molecule has 1 amide bonds. The Bertz CT molecular complexity index is 686. The number of sulfone groups is 1. The van der Waals surface area contributed by atoms with Crippen LogP contribution in [0.2, 0.25) is 0 Å². The largest absolute Gasteiger partial charge is 0.338 e. The van der Waals surface area contributed by atoms with Gasteiger partial charge in [0, 0.05) is 0 Å². The Morgan fingerprint density at radius 2 is 2.21 bits per heavy atom. The first-order valence-electron chi connectivity index (χ1n) is 5.69. The molecule has 1 aliphatic heterocycles. The number of hydrogen-bond acceptors (Lipinski definition) is 3. The monoisotopic (exact) mass is 281 g/mol. The highest BCUT2D eigenvalue weighted by atomic mass is 32.2.